The maximum atomic E-state index is 12.6. The predicted octanol–water partition coefficient (Wildman–Crippen LogP) is 3.01. The number of hydrogen-bond donors (Lipinski definition) is 1. The minimum absolute atomic E-state index is 0.162. The molecule has 0 bridgehead atoms. The molecule has 1 saturated heterocycles. The molecule has 0 aliphatic carbocycles. The summed E-state index contributed by atoms with van der Waals surface area (Å²) in [4.78, 5) is 27.3. The van der Waals surface area contributed by atoms with Gasteiger partial charge in [0.2, 0.25) is 5.95 Å². The molecule has 1 fully saturated rings. The molecule has 0 saturated carbocycles. The standard InChI is InChI=1S/C17H20ClN5O/c1-12(13-5-7-19-8-6-13)21-16(24)15-14(18)11-20-17(22-15)23-9-3-2-4-10-23/h5-8,11-12H,2-4,9-10H2,1H3,(H,21,24)/t12-/m1/s1. The van der Waals surface area contributed by atoms with Crippen molar-refractivity contribution in [3.05, 3.63) is 47.0 Å². The Morgan fingerprint density at radius 3 is 2.67 bits per heavy atom. The molecule has 1 N–H and O–H groups in total. The number of amides is 1. The van der Waals surface area contributed by atoms with Crippen LogP contribution in [0.5, 0.6) is 0 Å². The number of nitrogens with one attached hydrogen (secondary N) is 1. The first kappa shape index (κ1) is 16.6. The first-order valence-corrected chi connectivity index (χ1v) is 8.51. The minimum atomic E-state index is -0.301. The third kappa shape index (κ3) is 3.82. The van der Waals surface area contributed by atoms with Crippen LogP contribution >= 0.6 is 11.6 Å². The molecule has 6 nitrogen and oxygen atoms in total. The molecule has 1 aliphatic heterocycles. The summed E-state index contributed by atoms with van der Waals surface area (Å²) < 4.78 is 0. The van der Waals surface area contributed by atoms with E-state index in [4.69, 9.17) is 11.6 Å². The van der Waals surface area contributed by atoms with Crippen molar-refractivity contribution in [2.45, 2.75) is 32.2 Å². The summed E-state index contributed by atoms with van der Waals surface area (Å²) in [7, 11) is 0. The number of aromatic nitrogens is 3. The third-order valence-electron chi connectivity index (χ3n) is 4.14. The van der Waals surface area contributed by atoms with Crippen molar-refractivity contribution in [2.75, 3.05) is 18.0 Å². The number of nitrogens with zero attached hydrogens (tertiary/aromatic N) is 4. The zero-order chi connectivity index (χ0) is 16.9. The highest BCUT2D eigenvalue weighted by atomic mass is 35.5. The van der Waals surface area contributed by atoms with Gasteiger partial charge in [0.1, 0.15) is 0 Å². The Kier molecular flexibility index (Phi) is 5.25. The molecule has 1 aliphatic rings. The molecule has 0 spiro atoms. The van der Waals surface area contributed by atoms with Gasteiger partial charge in [-0.15, -0.1) is 0 Å². The second kappa shape index (κ2) is 7.57. The van der Waals surface area contributed by atoms with Gasteiger partial charge in [0.15, 0.2) is 5.69 Å². The lowest BCUT2D eigenvalue weighted by Gasteiger charge is -2.26. The molecule has 24 heavy (non-hydrogen) atoms. The molecule has 7 heteroatoms. The van der Waals surface area contributed by atoms with Gasteiger partial charge in [-0.3, -0.25) is 9.78 Å². The molecule has 3 heterocycles. The van der Waals surface area contributed by atoms with Crippen LogP contribution in [0.4, 0.5) is 5.95 Å². The monoisotopic (exact) mass is 345 g/mol. The van der Waals surface area contributed by atoms with E-state index in [0.29, 0.717) is 5.95 Å². The molecule has 3 rings (SSSR count). The quantitative estimate of drug-likeness (QED) is 0.922. The van der Waals surface area contributed by atoms with Crippen LogP contribution in [0.3, 0.4) is 0 Å². The summed E-state index contributed by atoms with van der Waals surface area (Å²) in [6.45, 7) is 3.74. The van der Waals surface area contributed by atoms with Gasteiger partial charge >= 0.3 is 0 Å². The Bertz CT molecular complexity index is 703. The molecule has 1 atom stereocenters. The van der Waals surface area contributed by atoms with Crippen LogP contribution in [-0.2, 0) is 0 Å². The van der Waals surface area contributed by atoms with Crippen LogP contribution in [0.2, 0.25) is 5.02 Å². The molecule has 1 amide bonds. The van der Waals surface area contributed by atoms with Crippen molar-refractivity contribution < 1.29 is 4.79 Å². The van der Waals surface area contributed by atoms with Gasteiger partial charge in [-0.05, 0) is 43.9 Å². The van der Waals surface area contributed by atoms with Gasteiger partial charge in [0.25, 0.3) is 5.91 Å². The fraction of sp³-hybridized carbons (Fsp3) is 0.412. The molecule has 126 valence electrons. The van der Waals surface area contributed by atoms with Crippen molar-refractivity contribution in [3.8, 4) is 0 Å². The van der Waals surface area contributed by atoms with Crippen molar-refractivity contribution in [3.63, 3.8) is 0 Å². The van der Waals surface area contributed by atoms with Crippen LogP contribution in [0.15, 0.2) is 30.7 Å². The summed E-state index contributed by atoms with van der Waals surface area (Å²) >= 11 is 6.15. The van der Waals surface area contributed by atoms with Crippen molar-refractivity contribution in [1.82, 2.24) is 20.3 Å². The van der Waals surface area contributed by atoms with E-state index in [0.717, 1.165) is 31.5 Å². The molecule has 2 aromatic heterocycles. The van der Waals surface area contributed by atoms with Crippen molar-refractivity contribution in [2.24, 2.45) is 0 Å². The highest BCUT2D eigenvalue weighted by Gasteiger charge is 2.20. The van der Waals surface area contributed by atoms with Gasteiger partial charge in [-0.2, -0.15) is 0 Å². The van der Waals surface area contributed by atoms with E-state index < -0.39 is 0 Å². The Balaban J connectivity index is 1.76. The number of carbonyl (C=O) groups excluding carboxylic acids is 1. The van der Waals surface area contributed by atoms with E-state index in [2.05, 4.69) is 25.2 Å². The number of halogens is 1. The largest absolute Gasteiger partial charge is 0.344 e. The van der Waals surface area contributed by atoms with E-state index >= 15 is 0 Å². The number of carbonyl (C=O) groups is 1. The topological polar surface area (TPSA) is 71.0 Å². The highest BCUT2D eigenvalue weighted by molar-refractivity contribution is 6.33. The molecule has 2 aromatic rings. The van der Waals surface area contributed by atoms with Crippen molar-refractivity contribution >= 4 is 23.5 Å². The number of pyridine rings is 1. The average Bonchev–Trinajstić information content (AvgIpc) is 2.63. The van der Waals surface area contributed by atoms with Gasteiger partial charge in [0.05, 0.1) is 17.3 Å². The number of piperidine rings is 1. The van der Waals surface area contributed by atoms with E-state index in [1.54, 1.807) is 12.4 Å². The highest BCUT2D eigenvalue weighted by Crippen LogP contribution is 2.20. The smallest absolute Gasteiger partial charge is 0.272 e. The van der Waals surface area contributed by atoms with Crippen LogP contribution in [0.1, 0.15) is 48.3 Å². The summed E-state index contributed by atoms with van der Waals surface area (Å²) in [6, 6.07) is 3.57. The number of rotatable bonds is 4. The number of hydrogen-bond acceptors (Lipinski definition) is 5. The predicted molar refractivity (Wildman–Crippen MR) is 93.2 cm³/mol. The lowest BCUT2D eigenvalue weighted by molar-refractivity contribution is 0.0935. The third-order valence-corrected chi connectivity index (χ3v) is 4.42. The first-order valence-electron chi connectivity index (χ1n) is 8.13. The van der Waals surface area contributed by atoms with Crippen LogP contribution in [0, 0.1) is 0 Å². The fourth-order valence-electron chi connectivity index (χ4n) is 2.76. The normalized spacial score (nSPS) is 15.8. The minimum Gasteiger partial charge on any atom is -0.344 e. The fourth-order valence-corrected chi connectivity index (χ4v) is 2.94. The Morgan fingerprint density at radius 2 is 1.96 bits per heavy atom. The molecule has 0 unspecified atom stereocenters. The second-order valence-corrected chi connectivity index (χ2v) is 6.30. The second-order valence-electron chi connectivity index (χ2n) is 5.89. The van der Waals surface area contributed by atoms with Crippen LogP contribution < -0.4 is 10.2 Å². The first-order chi connectivity index (χ1) is 11.6. The zero-order valence-corrected chi connectivity index (χ0v) is 14.3. The van der Waals surface area contributed by atoms with Gasteiger partial charge in [-0.1, -0.05) is 11.6 Å². The van der Waals surface area contributed by atoms with Crippen LogP contribution in [0.25, 0.3) is 0 Å². The Labute approximate surface area is 146 Å². The number of anilines is 1. The van der Waals surface area contributed by atoms with Gasteiger partial charge < -0.3 is 10.2 Å². The lowest BCUT2D eigenvalue weighted by Crippen LogP contribution is -2.32. The lowest BCUT2D eigenvalue weighted by atomic mass is 10.1. The Hall–Kier alpha value is -2.21. The maximum absolute atomic E-state index is 12.6. The van der Waals surface area contributed by atoms with E-state index in [9.17, 15) is 4.79 Å². The summed E-state index contributed by atoms with van der Waals surface area (Å²) in [5.41, 5.74) is 1.19. The Morgan fingerprint density at radius 1 is 1.25 bits per heavy atom. The summed E-state index contributed by atoms with van der Waals surface area (Å²) in [5, 5.41) is 3.18. The van der Waals surface area contributed by atoms with E-state index in [1.807, 2.05) is 19.1 Å². The molecule has 0 aromatic carbocycles. The maximum Gasteiger partial charge on any atom is 0.272 e. The van der Waals surface area contributed by atoms with Gasteiger partial charge in [-0.25, -0.2) is 9.97 Å². The SMILES string of the molecule is C[C@@H](NC(=O)c1nc(N2CCCCC2)ncc1Cl)c1ccncc1. The summed E-state index contributed by atoms with van der Waals surface area (Å²) in [5.74, 6) is 0.269. The summed E-state index contributed by atoms with van der Waals surface area (Å²) in [6.07, 6.45) is 8.36. The van der Waals surface area contributed by atoms with E-state index in [-0.39, 0.29) is 22.7 Å². The van der Waals surface area contributed by atoms with Crippen LogP contribution in [-0.4, -0.2) is 33.9 Å². The molecular weight excluding hydrogens is 326 g/mol. The zero-order valence-electron chi connectivity index (χ0n) is 13.6. The molecule has 0 radical (unpaired) electrons. The van der Waals surface area contributed by atoms with Crippen molar-refractivity contribution in [1.29, 1.82) is 0 Å². The van der Waals surface area contributed by atoms with Gasteiger partial charge in [0, 0.05) is 25.5 Å². The average molecular weight is 346 g/mol. The van der Waals surface area contributed by atoms with E-state index in [1.165, 1.54) is 12.6 Å². The molecular formula is C17H20ClN5O.